The van der Waals surface area contributed by atoms with Gasteiger partial charge in [0, 0.05) is 0 Å². The van der Waals surface area contributed by atoms with E-state index in [2.05, 4.69) is 32.9 Å². The highest BCUT2D eigenvalue weighted by molar-refractivity contribution is 5.38. The standard InChI is InChI=1S/C20H30/c1-14-8-12-20(3)15(13-14)6-7-16-17-5-4-10-19(17,2)11-9-18(16)20/h6-7,14,17-18H,4-5,8-13H2,1-3H3. The highest BCUT2D eigenvalue weighted by atomic mass is 14.6. The van der Waals surface area contributed by atoms with E-state index in [1.807, 2.05) is 5.57 Å². The Balaban J connectivity index is 1.74. The molecule has 20 heavy (non-hydrogen) atoms. The minimum atomic E-state index is 0.514. The van der Waals surface area contributed by atoms with Gasteiger partial charge >= 0.3 is 0 Å². The second-order valence-electron chi connectivity index (χ2n) is 8.81. The van der Waals surface area contributed by atoms with Crippen LogP contribution in [-0.2, 0) is 0 Å². The predicted octanol–water partition coefficient (Wildman–Crippen LogP) is 5.90. The number of hydrogen-bond acceptors (Lipinski definition) is 0. The van der Waals surface area contributed by atoms with Gasteiger partial charge in [-0.3, -0.25) is 0 Å². The average Bonchev–Trinajstić information content (AvgIpc) is 2.81. The zero-order chi connectivity index (χ0) is 14.0. The van der Waals surface area contributed by atoms with E-state index >= 15 is 0 Å². The fourth-order valence-corrected chi connectivity index (χ4v) is 6.17. The van der Waals surface area contributed by atoms with E-state index in [4.69, 9.17) is 0 Å². The van der Waals surface area contributed by atoms with E-state index in [9.17, 15) is 0 Å². The molecule has 4 rings (SSSR count). The lowest BCUT2D eigenvalue weighted by Gasteiger charge is -2.54. The molecule has 3 saturated carbocycles. The van der Waals surface area contributed by atoms with Crippen molar-refractivity contribution in [3.8, 4) is 0 Å². The second-order valence-corrected chi connectivity index (χ2v) is 8.81. The molecule has 0 heteroatoms. The zero-order valence-corrected chi connectivity index (χ0v) is 13.5. The molecule has 0 bridgehead atoms. The van der Waals surface area contributed by atoms with Crippen molar-refractivity contribution in [3.63, 3.8) is 0 Å². The Morgan fingerprint density at radius 2 is 1.80 bits per heavy atom. The molecule has 110 valence electrons. The molecule has 0 heterocycles. The molecule has 4 aliphatic carbocycles. The Morgan fingerprint density at radius 1 is 0.950 bits per heavy atom. The van der Waals surface area contributed by atoms with E-state index in [1.165, 1.54) is 51.4 Å². The van der Waals surface area contributed by atoms with Crippen molar-refractivity contribution < 1.29 is 0 Å². The maximum atomic E-state index is 2.60. The van der Waals surface area contributed by atoms with E-state index in [0.717, 1.165) is 17.8 Å². The fourth-order valence-electron chi connectivity index (χ4n) is 6.17. The Labute approximate surface area is 124 Å². The highest BCUT2D eigenvalue weighted by Crippen LogP contribution is 2.63. The Bertz CT molecular complexity index is 482. The third-order valence-corrected chi connectivity index (χ3v) is 7.60. The van der Waals surface area contributed by atoms with Crippen molar-refractivity contribution in [2.24, 2.45) is 28.6 Å². The van der Waals surface area contributed by atoms with Gasteiger partial charge in [-0.1, -0.05) is 50.5 Å². The molecule has 0 saturated heterocycles. The van der Waals surface area contributed by atoms with Crippen LogP contribution >= 0.6 is 0 Å². The summed E-state index contributed by atoms with van der Waals surface area (Å²) in [5, 5.41) is 0. The van der Waals surface area contributed by atoms with Gasteiger partial charge in [-0.2, -0.15) is 0 Å². The molecule has 0 aromatic carbocycles. The van der Waals surface area contributed by atoms with Crippen LogP contribution in [0.4, 0.5) is 0 Å². The van der Waals surface area contributed by atoms with Gasteiger partial charge in [0.25, 0.3) is 0 Å². The number of allylic oxidation sites excluding steroid dienone is 4. The van der Waals surface area contributed by atoms with Crippen LogP contribution in [0, 0.1) is 28.6 Å². The van der Waals surface area contributed by atoms with Crippen molar-refractivity contribution in [2.45, 2.75) is 72.1 Å². The molecule has 0 N–H and O–H groups in total. The monoisotopic (exact) mass is 270 g/mol. The van der Waals surface area contributed by atoms with E-state index < -0.39 is 0 Å². The molecule has 5 atom stereocenters. The molecule has 5 unspecified atom stereocenters. The molecule has 0 aromatic rings. The lowest BCUT2D eigenvalue weighted by Crippen LogP contribution is -2.43. The first-order chi connectivity index (χ1) is 9.53. The zero-order valence-electron chi connectivity index (χ0n) is 13.5. The van der Waals surface area contributed by atoms with Crippen molar-refractivity contribution >= 4 is 0 Å². The number of rotatable bonds is 0. The molecule has 0 nitrogen and oxygen atoms in total. The average molecular weight is 270 g/mol. The van der Waals surface area contributed by atoms with Crippen molar-refractivity contribution in [1.29, 1.82) is 0 Å². The summed E-state index contributed by atoms with van der Waals surface area (Å²) < 4.78 is 0. The van der Waals surface area contributed by atoms with Gasteiger partial charge in [-0.15, -0.1) is 0 Å². The van der Waals surface area contributed by atoms with Gasteiger partial charge in [0.2, 0.25) is 0 Å². The van der Waals surface area contributed by atoms with Crippen LogP contribution in [0.1, 0.15) is 72.1 Å². The van der Waals surface area contributed by atoms with Crippen LogP contribution in [0.15, 0.2) is 23.3 Å². The third kappa shape index (κ3) is 1.66. The molecule has 0 aliphatic heterocycles. The summed E-state index contributed by atoms with van der Waals surface area (Å²) in [6.45, 7) is 7.61. The van der Waals surface area contributed by atoms with Crippen LogP contribution < -0.4 is 0 Å². The maximum absolute atomic E-state index is 2.60. The first-order valence-corrected chi connectivity index (χ1v) is 8.94. The first kappa shape index (κ1) is 13.2. The topological polar surface area (TPSA) is 0 Å². The second kappa shape index (κ2) is 4.24. The predicted molar refractivity (Wildman–Crippen MR) is 85.5 cm³/mol. The van der Waals surface area contributed by atoms with Gasteiger partial charge in [0.1, 0.15) is 0 Å². The molecule has 0 spiro atoms. The summed E-state index contributed by atoms with van der Waals surface area (Å²) in [4.78, 5) is 0. The van der Waals surface area contributed by atoms with Gasteiger partial charge in [0.05, 0.1) is 0 Å². The molecule has 0 aromatic heterocycles. The molecular weight excluding hydrogens is 240 g/mol. The third-order valence-electron chi connectivity index (χ3n) is 7.60. The summed E-state index contributed by atoms with van der Waals surface area (Å²) in [6, 6.07) is 0. The minimum absolute atomic E-state index is 0.514. The van der Waals surface area contributed by atoms with Crippen LogP contribution in [0.3, 0.4) is 0 Å². The fraction of sp³-hybridized carbons (Fsp3) is 0.800. The largest absolute Gasteiger partial charge is 0.0634 e. The SMILES string of the molecule is CC1CCC2(C)C(=CC=C3C4CCCC4(C)CCC32)C1. The Morgan fingerprint density at radius 3 is 2.65 bits per heavy atom. The van der Waals surface area contributed by atoms with Gasteiger partial charge in [-0.05, 0) is 73.5 Å². The summed E-state index contributed by atoms with van der Waals surface area (Å²) in [5.74, 6) is 2.70. The molecule has 4 aliphatic rings. The molecular formula is C20H30. The van der Waals surface area contributed by atoms with E-state index in [0.29, 0.717) is 10.8 Å². The molecule has 0 radical (unpaired) electrons. The quantitative estimate of drug-likeness (QED) is 0.514. The van der Waals surface area contributed by atoms with Crippen molar-refractivity contribution in [1.82, 2.24) is 0 Å². The number of hydrogen-bond donors (Lipinski definition) is 0. The van der Waals surface area contributed by atoms with Crippen molar-refractivity contribution in [3.05, 3.63) is 23.3 Å². The normalized spacial score (nSPS) is 50.6. The van der Waals surface area contributed by atoms with Crippen LogP contribution in [0.25, 0.3) is 0 Å². The summed E-state index contributed by atoms with van der Waals surface area (Å²) in [5.41, 5.74) is 4.80. The van der Waals surface area contributed by atoms with Crippen LogP contribution in [0.5, 0.6) is 0 Å². The van der Waals surface area contributed by atoms with Gasteiger partial charge < -0.3 is 0 Å². The van der Waals surface area contributed by atoms with E-state index in [1.54, 1.807) is 5.57 Å². The van der Waals surface area contributed by atoms with Crippen LogP contribution in [-0.4, -0.2) is 0 Å². The Hall–Kier alpha value is -0.520. The Kier molecular flexibility index (Phi) is 2.79. The summed E-state index contributed by atoms with van der Waals surface area (Å²) in [7, 11) is 0. The summed E-state index contributed by atoms with van der Waals surface area (Å²) in [6.07, 6.45) is 16.7. The molecule has 3 fully saturated rings. The minimum Gasteiger partial charge on any atom is -0.0634 e. The van der Waals surface area contributed by atoms with E-state index in [-0.39, 0.29) is 0 Å². The van der Waals surface area contributed by atoms with Gasteiger partial charge in [0.15, 0.2) is 0 Å². The first-order valence-electron chi connectivity index (χ1n) is 8.94. The molecule has 0 amide bonds. The van der Waals surface area contributed by atoms with Gasteiger partial charge in [-0.25, -0.2) is 0 Å². The summed E-state index contributed by atoms with van der Waals surface area (Å²) >= 11 is 0. The smallest absolute Gasteiger partial charge is 0.00474 e. The highest BCUT2D eigenvalue weighted by Gasteiger charge is 2.52. The lowest BCUT2D eigenvalue weighted by atomic mass is 9.51. The van der Waals surface area contributed by atoms with Crippen molar-refractivity contribution in [2.75, 3.05) is 0 Å². The number of fused-ring (bicyclic) bond motifs is 5. The maximum Gasteiger partial charge on any atom is -0.00474 e. The lowest BCUT2D eigenvalue weighted by molar-refractivity contribution is 0.0915. The van der Waals surface area contributed by atoms with Crippen LogP contribution in [0.2, 0.25) is 0 Å².